The summed E-state index contributed by atoms with van der Waals surface area (Å²) in [5.41, 5.74) is 0. The van der Waals surface area contributed by atoms with Crippen LogP contribution in [0.3, 0.4) is 0 Å². The van der Waals surface area contributed by atoms with E-state index in [2.05, 4.69) is 14.9 Å². The molecule has 1 fully saturated rings. The van der Waals surface area contributed by atoms with Crippen molar-refractivity contribution in [3.8, 4) is 0 Å². The standard InChI is InChI=1S/C13H23N3O2/c1-4-18-11-9-10(13(11)17-3)14-6-5-12-15-7-8-16(12)2/h7-8,10-11,13-14H,4-6,9H2,1-3H3. The third-order valence-corrected chi connectivity index (χ3v) is 3.58. The van der Waals surface area contributed by atoms with Crippen LogP contribution in [-0.2, 0) is 22.9 Å². The number of rotatable bonds is 7. The van der Waals surface area contributed by atoms with E-state index in [0.29, 0.717) is 6.04 Å². The Morgan fingerprint density at radius 3 is 3.00 bits per heavy atom. The highest BCUT2D eigenvalue weighted by atomic mass is 16.5. The molecule has 1 aliphatic carbocycles. The molecule has 5 heteroatoms. The van der Waals surface area contributed by atoms with E-state index >= 15 is 0 Å². The fourth-order valence-corrected chi connectivity index (χ4v) is 2.48. The first-order chi connectivity index (χ1) is 8.76. The molecule has 1 saturated carbocycles. The van der Waals surface area contributed by atoms with Crippen molar-refractivity contribution >= 4 is 0 Å². The van der Waals surface area contributed by atoms with Gasteiger partial charge in [0.25, 0.3) is 0 Å². The Labute approximate surface area is 108 Å². The first-order valence-electron chi connectivity index (χ1n) is 6.60. The third kappa shape index (κ3) is 2.91. The molecule has 1 aromatic heterocycles. The Hall–Kier alpha value is -0.910. The number of aromatic nitrogens is 2. The molecule has 0 amide bonds. The highest BCUT2D eigenvalue weighted by molar-refractivity contribution is 4.98. The number of ether oxygens (including phenoxy) is 2. The van der Waals surface area contributed by atoms with E-state index in [1.165, 1.54) is 0 Å². The minimum absolute atomic E-state index is 0.186. The lowest BCUT2D eigenvalue weighted by atomic mass is 9.85. The molecule has 1 N–H and O–H groups in total. The molecule has 0 bridgehead atoms. The average molecular weight is 253 g/mol. The molecule has 1 aromatic rings. The monoisotopic (exact) mass is 253 g/mol. The molecule has 1 aliphatic rings. The number of imidazole rings is 1. The number of hydrogen-bond acceptors (Lipinski definition) is 4. The van der Waals surface area contributed by atoms with Gasteiger partial charge in [0, 0.05) is 52.2 Å². The Balaban J connectivity index is 1.70. The van der Waals surface area contributed by atoms with Crippen molar-refractivity contribution < 1.29 is 9.47 Å². The maximum Gasteiger partial charge on any atom is 0.109 e. The van der Waals surface area contributed by atoms with Crippen LogP contribution in [0.25, 0.3) is 0 Å². The molecule has 3 atom stereocenters. The number of nitrogens with one attached hydrogen (secondary N) is 1. The Kier molecular flexibility index (Phi) is 4.74. The van der Waals surface area contributed by atoms with Gasteiger partial charge in [-0.3, -0.25) is 0 Å². The van der Waals surface area contributed by atoms with E-state index in [1.807, 2.05) is 26.4 Å². The molecule has 0 saturated heterocycles. The minimum atomic E-state index is 0.186. The van der Waals surface area contributed by atoms with E-state index < -0.39 is 0 Å². The third-order valence-electron chi connectivity index (χ3n) is 3.58. The van der Waals surface area contributed by atoms with Crippen LogP contribution in [0, 0.1) is 0 Å². The molecule has 1 heterocycles. The van der Waals surface area contributed by atoms with E-state index in [9.17, 15) is 0 Å². The summed E-state index contributed by atoms with van der Waals surface area (Å²) in [7, 11) is 3.78. The van der Waals surface area contributed by atoms with E-state index in [1.54, 1.807) is 7.11 Å². The second-order valence-electron chi connectivity index (χ2n) is 4.69. The van der Waals surface area contributed by atoms with Gasteiger partial charge in [0.15, 0.2) is 0 Å². The highest BCUT2D eigenvalue weighted by Crippen LogP contribution is 2.26. The van der Waals surface area contributed by atoms with Gasteiger partial charge in [-0.05, 0) is 13.3 Å². The van der Waals surface area contributed by atoms with Crippen LogP contribution < -0.4 is 5.32 Å². The normalized spacial score (nSPS) is 27.2. The van der Waals surface area contributed by atoms with Gasteiger partial charge in [0.2, 0.25) is 0 Å². The summed E-state index contributed by atoms with van der Waals surface area (Å²) < 4.78 is 13.1. The van der Waals surface area contributed by atoms with Gasteiger partial charge in [0.1, 0.15) is 5.82 Å². The Bertz CT molecular complexity index is 367. The largest absolute Gasteiger partial charge is 0.377 e. The molecule has 2 rings (SSSR count). The van der Waals surface area contributed by atoms with Gasteiger partial charge in [-0.2, -0.15) is 0 Å². The van der Waals surface area contributed by atoms with Crippen LogP contribution in [-0.4, -0.2) is 48.1 Å². The summed E-state index contributed by atoms with van der Waals surface area (Å²) in [5.74, 6) is 1.11. The molecule has 3 unspecified atom stereocenters. The van der Waals surface area contributed by atoms with Crippen molar-refractivity contribution in [3.63, 3.8) is 0 Å². The second kappa shape index (κ2) is 6.31. The van der Waals surface area contributed by atoms with Crippen molar-refractivity contribution in [3.05, 3.63) is 18.2 Å². The smallest absolute Gasteiger partial charge is 0.109 e. The van der Waals surface area contributed by atoms with Crippen LogP contribution in [0.2, 0.25) is 0 Å². The number of nitrogens with zero attached hydrogens (tertiary/aromatic N) is 2. The Morgan fingerprint density at radius 1 is 1.56 bits per heavy atom. The molecular weight excluding hydrogens is 230 g/mol. The Morgan fingerprint density at radius 2 is 2.39 bits per heavy atom. The summed E-state index contributed by atoms with van der Waals surface area (Å²) in [6.07, 6.45) is 6.23. The first-order valence-corrected chi connectivity index (χ1v) is 6.60. The fourth-order valence-electron chi connectivity index (χ4n) is 2.48. The molecular formula is C13H23N3O2. The van der Waals surface area contributed by atoms with Crippen molar-refractivity contribution in [1.29, 1.82) is 0 Å². The van der Waals surface area contributed by atoms with Crippen molar-refractivity contribution in [2.75, 3.05) is 20.3 Å². The van der Waals surface area contributed by atoms with Gasteiger partial charge in [-0.25, -0.2) is 4.98 Å². The molecule has 0 spiro atoms. The molecule has 0 aliphatic heterocycles. The number of hydrogen-bond donors (Lipinski definition) is 1. The lowest BCUT2D eigenvalue weighted by Crippen LogP contribution is -2.60. The lowest BCUT2D eigenvalue weighted by Gasteiger charge is -2.43. The van der Waals surface area contributed by atoms with E-state index in [-0.39, 0.29) is 12.2 Å². The molecule has 5 nitrogen and oxygen atoms in total. The van der Waals surface area contributed by atoms with Crippen molar-refractivity contribution in [2.24, 2.45) is 7.05 Å². The van der Waals surface area contributed by atoms with Gasteiger partial charge < -0.3 is 19.4 Å². The van der Waals surface area contributed by atoms with Crippen LogP contribution in [0.1, 0.15) is 19.2 Å². The predicted molar refractivity (Wildman–Crippen MR) is 69.5 cm³/mol. The summed E-state index contributed by atoms with van der Waals surface area (Å²) in [5, 5.41) is 3.52. The van der Waals surface area contributed by atoms with Gasteiger partial charge in [0.05, 0.1) is 12.2 Å². The summed E-state index contributed by atoms with van der Waals surface area (Å²) >= 11 is 0. The number of aryl methyl sites for hydroxylation is 1. The van der Waals surface area contributed by atoms with Crippen LogP contribution >= 0.6 is 0 Å². The number of methoxy groups -OCH3 is 1. The first kappa shape index (κ1) is 13.5. The minimum Gasteiger partial charge on any atom is -0.377 e. The van der Waals surface area contributed by atoms with Gasteiger partial charge in [-0.15, -0.1) is 0 Å². The maximum atomic E-state index is 5.60. The summed E-state index contributed by atoms with van der Waals surface area (Å²) in [6.45, 7) is 3.70. The van der Waals surface area contributed by atoms with Crippen molar-refractivity contribution in [1.82, 2.24) is 14.9 Å². The van der Waals surface area contributed by atoms with Crippen LogP contribution in [0.5, 0.6) is 0 Å². The maximum absolute atomic E-state index is 5.60. The van der Waals surface area contributed by atoms with E-state index in [4.69, 9.17) is 9.47 Å². The highest BCUT2D eigenvalue weighted by Gasteiger charge is 2.41. The van der Waals surface area contributed by atoms with Crippen molar-refractivity contribution in [2.45, 2.75) is 38.0 Å². The zero-order valence-electron chi connectivity index (χ0n) is 11.4. The molecule has 0 aromatic carbocycles. The second-order valence-corrected chi connectivity index (χ2v) is 4.69. The van der Waals surface area contributed by atoms with Crippen LogP contribution in [0.15, 0.2) is 12.4 Å². The fraction of sp³-hybridized carbons (Fsp3) is 0.769. The summed E-state index contributed by atoms with van der Waals surface area (Å²) in [4.78, 5) is 4.31. The van der Waals surface area contributed by atoms with Crippen LogP contribution in [0.4, 0.5) is 0 Å². The quantitative estimate of drug-likeness (QED) is 0.779. The zero-order valence-corrected chi connectivity index (χ0v) is 11.4. The zero-order chi connectivity index (χ0) is 13.0. The molecule has 18 heavy (non-hydrogen) atoms. The molecule has 102 valence electrons. The average Bonchev–Trinajstić information content (AvgIpc) is 2.73. The lowest BCUT2D eigenvalue weighted by molar-refractivity contribution is -0.131. The van der Waals surface area contributed by atoms with Gasteiger partial charge >= 0.3 is 0 Å². The predicted octanol–water partition coefficient (Wildman–Crippen LogP) is 0.745. The summed E-state index contributed by atoms with van der Waals surface area (Å²) in [6, 6.07) is 0.409. The SMILES string of the molecule is CCOC1CC(NCCc2nccn2C)C1OC. The van der Waals surface area contributed by atoms with Gasteiger partial charge in [-0.1, -0.05) is 0 Å². The topological polar surface area (TPSA) is 48.3 Å². The molecule has 0 radical (unpaired) electrons. The van der Waals surface area contributed by atoms with E-state index in [0.717, 1.165) is 31.8 Å².